The fraction of sp³-hybridized carbons (Fsp3) is 0.500. The van der Waals surface area contributed by atoms with Gasteiger partial charge in [0.25, 0.3) is 0 Å². The third kappa shape index (κ3) is 1.81. The first kappa shape index (κ1) is 9.69. The molecule has 1 atom stereocenters. The first-order valence-corrected chi connectivity index (χ1v) is 5.20. The first-order valence-electron chi connectivity index (χ1n) is 5.20. The van der Waals surface area contributed by atoms with Crippen molar-refractivity contribution in [1.29, 1.82) is 0 Å². The zero-order valence-electron chi connectivity index (χ0n) is 8.24. The summed E-state index contributed by atoms with van der Waals surface area (Å²) in [6, 6.07) is 6.06. The molecule has 2 rings (SSSR count). The zero-order chi connectivity index (χ0) is 9.97. The van der Waals surface area contributed by atoms with Crippen LogP contribution in [0.15, 0.2) is 18.2 Å². The van der Waals surface area contributed by atoms with Crippen molar-refractivity contribution in [2.45, 2.75) is 38.4 Å². The number of benzene rings is 1. The van der Waals surface area contributed by atoms with Crippen LogP contribution >= 0.6 is 0 Å². The maximum Gasteiger partial charge on any atom is 0.0684 e. The van der Waals surface area contributed by atoms with Crippen LogP contribution in [0, 0.1) is 0 Å². The number of hydrogen-bond donors (Lipinski definition) is 2. The second-order valence-corrected chi connectivity index (χ2v) is 3.94. The molecule has 0 spiro atoms. The largest absolute Gasteiger partial charge is 0.393 e. The van der Waals surface area contributed by atoms with Gasteiger partial charge in [0.1, 0.15) is 0 Å². The predicted octanol–water partition coefficient (Wildman–Crippen LogP) is 1.42. The van der Waals surface area contributed by atoms with Crippen LogP contribution in [0.4, 0.5) is 0 Å². The molecule has 0 saturated heterocycles. The molecule has 0 bridgehead atoms. The molecular weight excluding hydrogens is 176 g/mol. The summed E-state index contributed by atoms with van der Waals surface area (Å²) >= 11 is 0. The number of aliphatic hydroxyl groups is 2. The molecule has 1 aliphatic rings. The van der Waals surface area contributed by atoms with Gasteiger partial charge in [0, 0.05) is 0 Å². The molecule has 1 unspecified atom stereocenters. The van der Waals surface area contributed by atoms with Crippen molar-refractivity contribution < 1.29 is 10.2 Å². The Morgan fingerprint density at radius 3 is 2.79 bits per heavy atom. The molecule has 76 valence electrons. The molecule has 0 radical (unpaired) electrons. The topological polar surface area (TPSA) is 40.5 Å². The normalized spacial score (nSPS) is 21.4. The van der Waals surface area contributed by atoms with Crippen molar-refractivity contribution in [3.05, 3.63) is 34.9 Å². The van der Waals surface area contributed by atoms with Gasteiger partial charge in [-0.05, 0) is 42.4 Å². The standard InChI is InChI=1S/C12H16O2/c13-8-10-3-1-2-9-4-5-11(14)6-7-12(9)10/h1-3,11,13-14H,4-8H2. The molecule has 1 aliphatic carbocycles. The number of aryl methyl sites for hydroxylation is 1. The third-order valence-electron chi connectivity index (χ3n) is 3.01. The number of aliphatic hydroxyl groups excluding tert-OH is 2. The van der Waals surface area contributed by atoms with Gasteiger partial charge in [0.05, 0.1) is 12.7 Å². The summed E-state index contributed by atoms with van der Waals surface area (Å²) in [5, 5.41) is 18.8. The Hall–Kier alpha value is -0.860. The van der Waals surface area contributed by atoms with Gasteiger partial charge in [0.2, 0.25) is 0 Å². The van der Waals surface area contributed by atoms with E-state index in [4.69, 9.17) is 0 Å². The monoisotopic (exact) mass is 192 g/mol. The van der Waals surface area contributed by atoms with Crippen LogP contribution in [0.2, 0.25) is 0 Å². The highest BCUT2D eigenvalue weighted by molar-refractivity contribution is 5.36. The second kappa shape index (κ2) is 4.11. The van der Waals surface area contributed by atoms with E-state index in [9.17, 15) is 10.2 Å². The van der Waals surface area contributed by atoms with Gasteiger partial charge in [-0.1, -0.05) is 18.2 Å². The maximum atomic E-state index is 9.56. The zero-order valence-corrected chi connectivity index (χ0v) is 8.24. The Labute approximate surface area is 84.2 Å². The minimum Gasteiger partial charge on any atom is -0.393 e. The smallest absolute Gasteiger partial charge is 0.0684 e. The van der Waals surface area contributed by atoms with Crippen molar-refractivity contribution in [2.24, 2.45) is 0 Å². The molecule has 0 saturated carbocycles. The summed E-state index contributed by atoms with van der Waals surface area (Å²) in [5.74, 6) is 0. The Morgan fingerprint density at radius 2 is 2.00 bits per heavy atom. The molecule has 0 fully saturated rings. The Morgan fingerprint density at radius 1 is 1.21 bits per heavy atom. The van der Waals surface area contributed by atoms with Crippen LogP contribution in [0.1, 0.15) is 29.5 Å². The lowest BCUT2D eigenvalue weighted by Crippen LogP contribution is -2.05. The van der Waals surface area contributed by atoms with Crippen LogP contribution in [-0.4, -0.2) is 16.3 Å². The Bertz CT molecular complexity index is 320. The molecule has 2 heteroatoms. The van der Waals surface area contributed by atoms with E-state index in [0.29, 0.717) is 0 Å². The molecular formula is C12H16O2. The lowest BCUT2D eigenvalue weighted by Gasteiger charge is -2.09. The summed E-state index contributed by atoms with van der Waals surface area (Å²) in [7, 11) is 0. The van der Waals surface area contributed by atoms with Gasteiger partial charge in [-0.15, -0.1) is 0 Å². The van der Waals surface area contributed by atoms with E-state index in [1.165, 1.54) is 11.1 Å². The van der Waals surface area contributed by atoms with Crippen molar-refractivity contribution in [3.63, 3.8) is 0 Å². The summed E-state index contributed by atoms with van der Waals surface area (Å²) in [6.45, 7) is 0.110. The average Bonchev–Trinajstić information content (AvgIpc) is 2.41. The van der Waals surface area contributed by atoms with E-state index in [2.05, 4.69) is 6.07 Å². The number of hydrogen-bond acceptors (Lipinski definition) is 2. The molecule has 0 aliphatic heterocycles. The van der Waals surface area contributed by atoms with Gasteiger partial charge >= 0.3 is 0 Å². The minimum atomic E-state index is -0.172. The highest BCUT2D eigenvalue weighted by Gasteiger charge is 2.15. The first-order chi connectivity index (χ1) is 6.81. The lowest BCUT2D eigenvalue weighted by atomic mass is 9.98. The van der Waals surface area contributed by atoms with E-state index in [1.54, 1.807) is 0 Å². The quantitative estimate of drug-likeness (QED) is 0.661. The van der Waals surface area contributed by atoms with Crippen molar-refractivity contribution in [1.82, 2.24) is 0 Å². The molecule has 2 nitrogen and oxygen atoms in total. The van der Waals surface area contributed by atoms with Gasteiger partial charge < -0.3 is 10.2 Å². The van der Waals surface area contributed by atoms with E-state index >= 15 is 0 Å². The van der Waals surface area contributed by atoms with Gasteiger partial charge in [-0.25, -0.2) is 0 Å². The molecule has 0 aromatic heterocycles. The van der Waals surface area contributed by atoms with Crippen LogP contribution < -0.4 is 0 Å². The van der Waals surface area contributed by atoms with Crippen LogP contribution in [0.3, 0.4) is 0 Å². The summed E-state index contributed by atoms with van der Waals surface area (Å²) in [6.07, 6.45) is 3.33. The van der Waals surface area contributed by atoms with Gasteiger partial charge in [0.15, 0.2) is 0 Å². The van der Waals surface area contributed by atoms with Crippen molar-refractivity contribution >= 4 is 0 Å². The summed E-state index contributed by atoms with van der Waals surface area (Å²) < 4.78 is 0. The summed E-state index contributed by atoms with van der Waals surface area (Å²) in [4.78, 5) is 0. The molecule has 1 aromatic carbocycles. The molecule has 14 heavy (non-hydrogen) atoms. The van der Waals surface area contributed by atoms with Crippen molar-refractivity contribution in [3.8, 4) is 0 Å². The SMILES string of the molecule is OCc1cccc2c1CCC(O)CC2. The van der Waals surface area contributed by atoms with Gasteiger partial charge in [-0.2, -0.15) is 0 Å². The average molecular weight is 192 g/mol. The molecule has 2 N–H and O–H groups in total. The lowest BCUT2D eigenvalue weighted by molar-refractivity contribution is 0.158. The predicted molar refractivity (Wildman–Crippen MR) is 55.0 cm³/mol. The number of rotatable bonds is 1. The highest BCUT2D eigenvalue weighted by Crippen LogP contribution is 2.23. The van der Waals surface area contributed by atoms with Crippen molar-refractivity contribution in [2.75, 3.05) is 0 Å². The second-order valence-electron chi connectivity index (χ2n) is 3.94. The van der Waals surface area contributed by atoms with E-state index in [0.717, 1.165) is 31.2 Å². The Balaban J connectivity index is 2.35. The third-order valence-corrected chi connectivity index (χ3v) is 3.01. The van der Waals surface area contributed by atoms with Crippen LogP contribution in [0.5, 0.6) is 0 Å². The molecule has 1 aromatic rings. The van der Waals surface area contributed by atoms with Gasteiger partial charge in [-0.3, -0.25) is 0 Å². The fourth-order valence-corrected chi connectivity index (χ4v) is 2.17. The van der Waals surface area contributed by atoms with E-state index < -0.39 is 0 Å². The fourth-order valence-electron chi connectivity index (χ4n) is 2.17. The Kier molecular flexibility index (Phi) is 2.85. The molecule has 0 heterocycles. The minimum absolute atomic E-state index is 0.110. The number of fused-ring (bicyclic) bond motifs is 1. The van der Waals surface area contributed by atoms with Crippen LogP contribution in [-0.2, 0) is 19.4 Å². The van der Waals surface area contributed by atoms with E-state index in [-0.39, 0.29) is 12.7 Å². The van der Waals surface area contributed by atoms with Crippen LogP contribution in [0.25, 0.3) is 0 Å². The summed E-state index contributed by atoms with van der Waals surface area (Å²) in [5.41, 5.74) is 3.58. The molecule has 0 amide bonds. The maximum absolute atomic E-state index is 9.56. The highest BCUT2D eigenvalue weighted by atomic mass is 16.3. The van der Waals surface area contributed by atoms with E-state index in [1.807, 2.05) is 12.1 Å².